The maximum atomic E-state index is 13.0. The van der Waals surface area contributed by atoms with E-state index in [9.17, 15) is 18.0 Å². The molecular weight excluding hydrogens is 217 g/mol. The summed E-state index contributed by atoms with van der Waals surface area (Å²) in [5, 5.41) is 0. The van der Waals surface area contributed by atoms with Gasteiger partial charge in [0, 0.05) is 5.57 Å². The minimum Gasteiger partial charge on any atom is -0.298 e. The van der Waals surface area contributed by atoms with Gasteiger partial charge in [0.1, 0.15) is 6.29 Å². The molecule has 1 unspecified atom stereocenters. The molecule has 0 saturated heterocycles. The van der Waals surface area contributed by atoms with Crippen LogP contribution >= 0.6 is 0 Å². The topological polar surface area (TPSA) is 17.1 Å². The van der Waals surface area contributed by atoms with Gasteiger partial charge in [0.25, 0.3) is 0 Å². The van der Waals surface area contributed by atoms with Crippen molar-refractivity contribution in [3.63, 3.8) is 0 Å². The normalized spacial score (nSPS) is 30.1. The first-order chi connectivity index (χ1) is 7.36. The molecular formula is C12H13F3O. The van der Waals surface area contributed by atoms with Crippen LogP contribution in [0.25, 0.3) is 0 Å². The van der Waals surface area contributed by atoms with Crippen LogP contribution < -0.4 is 0 Å². The van der Waals surface area contributed by atoms with E-state index in [4.69, 9.17) is 0 Å². The van der Waals surface area contributed by atoms with Gasteiger partial charge in [0.2, 0.25) is 0 Å². The highest BCUT2D eigenvalue weighted by molar-refractivity contribution is 5.80. The second-order valence-electron chi connectivity index (χ2n) is 4.89. The predicted molar refractivity (Wildman–Crippen MR) is 53.8 cm³/mol. The average molecular weight is 230 g/mol. The Bertz CT molecular complexity index is 390. The van der Waals surface area contributed by atoms with Crippen LogP contribution in [-0.2, 0) is 4.79 Å². The fourth-order valence-electron chi connectivity index (χ4n) is 2.53. The summed E-state index contributed by atoms with van der Waals surface area (Å²) < 4.78 is 38.9. The number of fused-ring (bicyclic) bond motifs is 4. The lowest BCUT2D eigenvalue weighted by atomic mass is 9.80. The Morgan fingerprint density at radius 2 is 2.00 bits per heavy atom. The third-order valence-electron chi connectivity index (χ3n) is 3.55. The summed E-state index contributed by atoms with van der Waals surface area (Å²) in [6.45, 7) is 1.25. The van der Waals surface area contributed by atoms with Gasteiger partial charge in [-0.15, -0.1) is 0 Å². The molecule has 3 aliphatic carbocycles. The van der Waals surface area contributed by atoms with E-state index in [0.717, 1.165) is 5.57 Å². The number of alkyl halides is 3. The number of halogens is 3. The Balaban J connectivity index is 2.43. The number of carbonyl (C=O) groups is 1. The molecule has 0 aromatic heterocycles. The molecule has 0 spiro atoms. The van der Waals surface area contributed by atoms with Crippen LogP contribution in [0.4, 0.5) is 13.2 Å². The minimum atomic E-state index is -4.21. The molecule has 0 aromatic rings. The van der Waals surface area contributed by atoms with E-state index >= 15 is 0 Å². The fourth-order valence-corrected chi connectivity index (χ4v) is 2.53. The van der Waals surface area contributed by atoms with E-state index in [1.807, 2.05) is 0 Å². The van der Waals surface area contributed by atoms with Gasteiger partial charge in [-0.1, -0.05) is 24.1 Å². The second-order valence-corrected chi connectivity index (χ2v) is 4.89. The molecule has 0 aliphatic heterocycles. The van der Waals surface area contributed by atoms with Crippen molar-refractivity contribution in [1.82, 2.24) is 0 Å². The van der Waals surface area contributed by atoms with Crippen molar-refractivity contribution in [2.75, 3.05) is 0 Å². The van der Waals surface area contributed by atoms with Crippen molar-refractivity contribution in [3.8, 4) is 0 Å². The van der Waals surface area contributed by atoms with E-state index < -0.39 is 11.6 Å². The summed E-state index contributed by atoms with van der Waals surface area (Å²) in [4.78, 5) is 10.8. The monoisotopic (exact) mass is 230 g/mol. The molecule has 1 saturated carbocycles. The van der Waals surface area contributed by atoms with Crippen molar-refractivity contribution in [3.05, 3.63) is 22.8 Å². The third-order valence-corrected chi connectivity index (χ3v) is 3.55. The van der Waals surface area contributed by atoms with Crippen LogP contribution in [0.5, 0.6) is 0 Å². The molecule has 2 bridgehead atoms. The van der Waals surface area contributed by atoms with E-state index in [-0.39, 0.29) is 12.8 Å². The van der Waals surface area contributed by atoms with E-state index in [1.165, 1.54) is 6.92 Å². The first kappa shape index (κ1) is 11.4. The highest BCUT2D eigenvalue weighted by atomic mass is 19.4. The Morgan fingerprint density at radius 3 is 2.56 bits per heavy atom. The number of aldehydes is 1. The second kappa shape index (κ2) is 3.47. The van der Waals surface area contributed by atoms with E-state index in [1.54, 1.807) is 6.08 Å². The van der Waals surface area contributed by atoms with Gasteiger partial charge in [-0.05, 0) is 25.7 Å². The van der Waals surface area contributed by atoms with Crippen LogP contribution in [0, 0.1) is 5.41 Å². The summed E-state index contributed by atoms with van der Waals surface area (Å²) >= 11 is 0. The van der Waals surface area contributed by atoms with E-state index in [0.29, 0.717) is 30.3 Å². The number of rotatable bonds is 1. The Labute approximate surface area is 92.0 Å². The molecule has 0 amide bonds. The quantitative estimate of drug-likeness (QED) is 0.629. The first-order valence-electron chi connectivity index (χ1n) is 5.29. The molecule has 1 fully saturated rings. The summed E-state index contributed by atoms with van der Waals surface area (Å²) in [5.41, 5.74) is 0.184. The number of carbonyl (C=O) groups excluding carboxylic acids is 1. The maximum absolute atomic E-state index is 13.0. The number of hydrogen-bond acceptors (Lipinski definition) is 1. The Morgan fingerprint density at radius 1 is 1.31 bits per heavy atom. The molecule has 0 radical (unpaired) electrons. The lowest BCUT2D eigenvalue weighted by Crippen LogP contribution is -2.34. The van der Waals surface area contributed by atoms with Crippen molar-refractivity contribution in [1.29, 1.82) is 0 Å². The lowest BCUT2D eigenvalue weighted by Gasteiger charge is -2.30. The van der Waals surface area contributed by atoms with Gasteiger partial charge in [-0.3, -0.25) is 4.79 Å². The van der Waals surface area contributed by atoms with Gasteiger partial charge >= 0.3 is 6.18 Å². The molecule has 3 aliphatic rings. The zero-order valence-electron chi connectivity index (χ0n) is 9.03. The van der Waals surface area contributed by atoms with Crippen LogP contribution in [0.15, 0.2) is 22.8 Å². The molecule has 4 heteroatoms. The Kier molecular flexibility index (Phi) is 2.48. The molecule has 88 valence electrons. The zero-order chi connectivity index (χ0) is 12.0. The fraction of sp³-hybridized carbons (Fsp3) is 0.583. The SMILES string of the molecule is CC1(C(F)(F)F)CC2=CC(C=O)=C(CC2)C1. The zero-order valence-corrected chi connectivity index (χ0v) is 9.03. The van der Waals surface area contributed by atoms with Gasteiger partial charge in [0.15, 0.2) is 0 Å². The highest BCUT2D eigenvalue weighted by Crippen LogP contribution is 2.52. The summed E-state index contributed by atoms with van der Waals surface area (Å²) in [6.07, 6.45) is -0.634. The summed E-state index contributed by atoms with van der Waals surface area (Å²) in [7, 11) is 0. The van der Waals surface area contributed by atoms with Crippen molar-refractivity contribution in [2.24, 2.45) is 5.41 Å². The van der Waals surface area contributed by atoms with E-state index in [2.05, 4.69) is 0 Å². The predicted octanol–water partition coefficient (Wildman–Crippen LogP) is 3.56. The first-order valence-corrected chi connectivity index (χ1v) is 5.29. The molecule has 0 heterocycles. The summed E-state index contributed by atoms with van der Waals surface area (Å²) in [6, 6.07) is 0. The lowest BCUT2D eigenvalue weighted by molar-refractivity contribution is -0.216. The largest absolute Gasteiger partial charge is 0.394 e. The maximum Gasteiger partial charge on any atom is 0.394 e. The van der Waals surface area contributed by atoms with Crippen molar-refractivity contribution < 1.29 is 18.0 Å². The molecule has 16 heavy (non-hydrogen) atoms. The third kappa shape index (κ3) is 1.70. The van der Waals surface area contributed by atoms with Crippen molar-refractivity contribution >= 4 is 6.29 Å². The van der Waals surface area contributed by atoms with Gasteiger partial charge in [0.05, 0.1) is 5.41 Å². The molecule has 3 rings (SSSR count). The smallest absolute Gasteiger partial charge is 0.298 e. The van der Waals surface area contributed by atoms with Gasteiger partial charge < -0.3 is 0 Å². The molecule has 0 aromatic carbocycles. The summed E-state index contributed by atoms with van der Waals surface area (Å²) in [5.74, 6) is 0. The van der Waals surface area contributed by atoms with Crippen molar-refractivity contribution in [2.45, 2.75) is 38.8 Å². The van der Waals surface area contributed by atoms with Crippen LogP contribution in [0.1, 0.15) is 32.6 Å². The van der Waals surface area contributed by atoms with Crippen LogP contribution in [0.2, 0.25) is 0 Å². The standard InChI is InChI=1S/C12H13F3O/c1-11(12(13,14)15)5-8-2-3-9(6-11)10(4-8)7-16/h4,7H,2-3,5-6H2,1H3. The van der Waals surface area contributed by atoms with Gasteiger partial charge in [-0.25, -0.2) is 0 Å². The number of hydrogen-bond donors (Lipinski definition) is 0. The number of allylic oxidation sites excluding steroid dienone is 4. The molecule has 0 N–H and O–H groups in total. The highest BCUT2D eigenvalue weighted by Gasteiger charge is 2.52. The molecule has 1 atom stereocenters. The van der Waals surface area contributed by atoms with Crippen LogP contribution in [-0.4, -0.2) is 12.5 Å². The Hall–Kier alpha value is -1.06. The van der Waals surface area contributed by atoms with Gasteiger partial charge in [-0.2, -0.15) is 13.2 Å². The van der Waals surface area contributed by atoms with Crippen LogP contribution in [0.3, 0.4) is 0 Å². The average Bonchev–Trinajstić information content (AvgIpc) is 2.42. The molecule has 1 nitrogen and oxygen atoms in total. The minimum absolute atomic E-state index is 0.0251.